The van der Waals surface area contributed by atoms with Gasteiger partial charge in [-0.15, -0.1) is 0 Å². The third-order valence-electron chi connectivity index (χ3n) is 3.21. The summed E-state index contributed by atoms with van der Waals surface area (Å²) in [7, 11) is 0. The summed E-state index contributed by atoms with van der Waals surface area (Å²) >= 11 is 0. The monoisotopic (exact) mass is 232 g/mol. The maximum absolute atomic E-state index is 3.54. The molecule has 0 fully saturated rings. The van der Waals surface area contributed by atoms with Crippen LogP contribution in [0, 0.1) is 0 Å². The Morgan fingerprint density at radius 2 is 2.12 bits per heavy atom. The van der Waals surface area contributed by atoms with Gasteiger partial charge in [0.2, 0.25) is 0 Å². The molecule has 0 spiro atoms. The first-order valence-electron chi connectivity index (χ1n) is 6.66. The van der Waals surface area contributed by atoms with Gasteiger partial charge in [0, 0.05) is 17.8 Å². The average molecular weight is 232 g/mol. The molecular weight excluding hydrogens is 208 g/mol. The number of nitrogens with one attached hydrogen (secondary N) is 2. The first-order chi connectivity index (χ1) is 8.06. The molecule has 17 heavy (non-hydrogen) atoms. The lowest BCUT2D eigenvalue weighted by Gasteiger charge is -2.20. The molecule has 0 aliphatic carbocycles. The lowest BCUT2D eigenvalue weighted by molar-refractivity contribution is 0.422. The Balaban J connectivity index is 1.86. The topological polar surface area (TPSA) is 24.1 Å². The number of aryl methyl sites for hydroxylation is 1. The van der Waals surface area contributed by atoms with Gasteiger partial charge in [-0.05, 0) is 57.7 Å². The van der Waals surface area contributed by atoms with Crippen LogP contribution >= 0.6 is 0 Å². The molecule has 1 aromatic carbocycles. The number of para-hydroxylation sites is 1. The van der Waals surface area contributed by atoms with Crippen LogP contribution in [0.4, 0.5) is 5.69 Å². The molecule has 1 aromatic rings. The highest BCUT2D eigenvalue weighted by atomic mass is 14.9. The molecule has 1 aliphatic heterocycles. The van der Waals surface area contributed by atoms with Crippen LogP contribution in [-0.2, 0) is 12.8 Å². The zero-order chi connectivity index (χ0) is 12.3. The van der Waals surface area contributed by atoms with Crippen LogP contribution in [-0.4, -0.2) is 18.6 Å². The fraction of sp³-hybridized carbons (Fsp3) is 0.600. The van der Waals surface area contributed by atoms with Crippen LogP contribution in [0.5, 0.6) is 0 Å². The van der Waals surface area contributed by atoms with E-state index in [4.69, 9.17) is 0 Å². The summed E-state index contributed by atoms with van der Waals surface area (Å²) in [6.07, 6.45) is 3.55. The van der Waals surface area contributed by atoms with Crippen molar-refractivity contribution in [3.05, 3.63) is 29.3 Å². The number of rotatable bonds is 4. The third-order valence-corrected chi connectivity index (χ3v) is 3.21. The highest BCUT2D eigenvalue weighted by Crippen LogP contribution is 2.27. The van der Waals surface area contributed by atoms with E-state index in [0.29, 0.717) is 0 Å². The SMILES string of the molecule is CC(C)(C)NCCCc1cccc2c1NCC2. The van der Waals surface area contributed by atoms with Crippen molar-refractivity contribution in [2.45, 2.75) is 45.6 Å². The summed E-state index contributed by atoms with van der Waals surface area (Å²) in [5.74, 6) is 0. The first-order valence-corrected chi connectivity index (χ1v) is 6.66. The van der Waals surface area contributed by atoms with Crippen LogP contribution < -0.4 is 10.6 Å². The van der Waals surface area contributed by atoms with E-state index in [1.54, 1.807) is 0 Å². The molecule has 0 saturated heterocycles. The summed E-state index contributed by atoms with van der Waals surface area (Å²) < 4.78 is 0. The van der Waals surface area contributed by atoms with E-state index in [-0.39, 0.29) is 5.54 Å². The van der Waals surface area contributed by atoms with Crippen LogP contribution in [0.1, 0.15) is 38.3 Å². The Bertz CT molecular complexity index is 377. The van der Waals surface area contributed by atoms with Gasteiger partial charge in [0.15, 0.2) is 0 Å². The molecule has 2 nitrogen and oxygen atoms in total. The average Bonchev–Trinajstić information content (AvgIpc) is 2.71. The Morgan fingerprint density at radius 1 is 1.29 bits per heavy atom. The van der Waals surface area contributed by atoms with Crippen molar-refractivity contribution in [2.24, 2.45) is 0 Å². The van der Waals surface area contributed by atoms with E-state index in [1.165, 1.54) is 36.1 Å². The molecule has 0 saturated carbocycles. The van der Waals surface area contributed by atoms with Gasteiger partial charge in [0.1, 0.15) is 0 Å². The first kappa shape index (κ1) is 12.4. The van der Waals surface area contributed by atoms with Crippen LogP contribution in [0.2, 0.25) is 0 Å². The van der Waals surface area contributed by atoms with Crippen molar-refractivity contribution in [1.29, 1.82) is 0 Å². The smallest absolute Gasteiger partial charge is 0.0406 e. The summed E-state index contributed by atoms with van der Waals surface area (Å²) in [6.45, 7) is 8.85. The summed E-state index contributed by atoms with van der Waals surface area (Å²) in [4.78, 5) is 0. The molecule has 0 bridgehead atoms. The van der Waals surface area contributed by atoms with Gasteiger partial charge in [-0.1, -0.05) is 18.2 Å². The van der Waals surface area contributed by atoms with Crippen molar-refractivity contribution in [1.82, 2.24) is 5.32 Å². The third kappa shape index (κ3) is 3.47. The van der Waals surface area contributed by atoms with Gasteiger partial charge in [0.05, 0.1) is 0 Å². The molecule has 0 amide bonds. The Morgan fingerprint density at radius 3 is 2.88 bits per heavy atom. The van der Waals surface area contributed by atoms with Gasteiger partial charge >= 0.3 is 0 Å². The Hall–Kier alpha value is -1.02. The van der Waals surface area contributed by atoms with Crippen molar-refractivity contribution in [3.63, 3.8) is 0 Å². The number of hydrogen-bond donors (Lipinski definition) is 2. The van der Waals surface area contributed by atoms with Crippen molar-refractivity contribution >= 4 is 5.69 Å². The van der Waals surface area contributed by atoms with E-state index in [0.717, 1.165) is 13.1 Å². The molecular formula is C15H24N2. The summed E-state index contributed by atoms with van der Waals surface area (Å²) in [6, 6.07) is 6.69. The molecule has 0 aromatic heterocycles. The normalized spacial score (nSPS) is 14.5. The highest BCUT2D eigenvalue weighted by molar-refractivity contribution is 5.61. The molecule has 0 atom stereocenters. The summed E-state index contributed by atoms with van der Waals surface area (Å²) in [5.41, 5.74) is 4.61. The highest BCUT2D eigenvalue weighted by Gasteiger charge is 2.13. The minimum atomic E-state index is 0.233. The van der Waals surface area contributed by atoms with Gasteiger partial charge in [-0.3, -0.25) is 0 Å². The quantitative estimate of drug-likeness (QED) is 0.780. The largest absolute Gasteiger partial charge is 0.384 e. The predicted octanol–water partition coefficient (Wildman–Crippen LogP) is 2.98. The zero-order valence-corrected chi connectivity index (χ0v) is 11.3. The number of anilines is 1. The van der Waals surface area contributed by atoms with Gasteiger partial charge < -0.3 is 10.6 Å². The zero-order valence-electron chi connectivity index (χ0n) is 11.3. The lowest BCUT2D eigenvalue weighted by Crippen LogP contribution is -2.36. The van der Waals surface area contributed by atoms with Gasteiger partial charge in [0.25, 0.3) is 0 Å². The van der Waals surface area contributed by atoms with E-state index >= 15 is 0 Å². The Kier molecular flexibility index (Phi) is 3.72. The fourth-order valence-electron chi connectivity index (χ4n) is 2.36. The maximum Gasteiger partial charge on any atom is 0.0406 e. The Labute approximate surface area is 105 Å². The number of hydrogen-bond acceptors (Lipinski definition) is 2. The standard InChI is InChI=1S/C15H24N2/c1-15(2,3)17-10-5-8-12-6-4-7-13-9-11-16-14(12)13/h4,6-7,16-17H,5,8-11H2,1-3H3. The number of benzene rings is 1. The van der Waals surface area contributed by atoms with E-state index < -0.39 is 0 Å². The van der Waals surface area contributed by atoms with E-state index in [9.17, 15) is 0 Å². The maximum atomic E-state index is 3.54. The van der Waals surface area contributed by atoms with Crippen molar-refractivity contribution in [2.75, 3.05) is 18.4 Å². The van der Waals surface area contributed by atoms with Crippen LogP contribution in [0.15, 0.2) is 18.2 Å². The number of fused-ring (bicyclic) bond motifs is 1. The second-order valence-electron chi connectivity index (χ2n) is 5.91. The molecule has 1 aliphatic rings. The van der Waals surface area contributed by atoms with E-state index in [2.05, 4.69) is 49.6 Å². The minimum Gasteiger partial charge on any atom is -0.384 e. The molecule has 2 rings (SSSR count). The predicted molar refractivity (Wildman–Crippen MR) is 74.7 cm³/mol. The minimum absolute atomic E-state index is 0.233. The van der Waals surface area contributed by atoms with E-state index in [1.807, 2.05) is 0 Å². The van der Waals surface area contributed by atoms with Crippen LogP contribution in [0.3, 0.4) is 0 Å². The second-order valence-corrected chi connectivity index (χ2v) is 5.91. The van der Waals surface area contributed by atoms with Crippen LogP contribution in [0.25, 0.3) is 0 Å². The second kappa shape index (κ2) is 5.09. The van der Waals surface area contributed by atoms with Gasteiger partial charge in [-0.25, -0.2) is 0 Å². The fourth-order valence-corrected chi connectivity index (χ4v) is 2.36. The van der Waals surface area contributed by atoms with Crippen molar-refractivity contribution < 1.29 is 0 Å². The molecule has 94 valence electrons. The molecule has 1 heterocycles. The molecule has 2 N–H and O–H groups in total. The molecule has 0 unspecified atom stereocenters. The summed E-state index contributed by atoms with van der Waals surface area (Å²) in [5, 5.41) is 7.04. The molecule has 0 radical (unpaired) electrons. The lowest BCUT2D eigenvalue weighted by atomic mass is 10.0. The van der Waals surface area contributed by atoms with Crippen molar-refractivity contribution in [3.8, 4) is 0 Å². The molecule has 2 heteroatoms. The van der Waals surface area contributed by atoms with Gasteiger partial charge in [-0.2, -0.15) is 0 Å².